The summed E-state index contributed by atoms with van der Waals surface area (Å²) in [5, 5.41) is 4.32. The number of fused-ring (bicyclic) bond motifs is 5. The van der Waals surface area contributed by atoms with E-state index < -0.39 is 0 Å². The van der Waals surface area contributed by atoms with Crippen molar-refractivity contribution in [2.75, 3.05) is 7.11 Å². The van der Waals surface area contributed by atoms with Crippen LogP contribution in [0.5, 0.6) is 0 Å². The molecule has 0 saturated heterocycles. The topological polar surface area (TPSA) is 38.7 Å². The lowest BCUT2D eigenvalue weighted by Crippen LogP contribution is -2.53. The van der Waals surface area contributed by atoms with E-state index in [0.717, 1.165) is 24.0 Å². The van der Waals surface area contributed by atoms with Gasteiger partial charge in [0, 0.05) is 17.8 Å². The fourth-order valence-electron chi connectivity index (χ4n) is 7.11. The summed E-state index contributed by atoms with van der Waals surface area (Å²) in [7, 11) is 1.62. The number of nitrogens with zero attached hydrogens (tertiary/aromatic N) is 1. The first-order valence-electron chi connectivity index (χ1n) is 9.64. The van der Waals surface area contributed by atoms with Gasteiger partial charge in [0.2, 0.25) is 0 Å². The van der Waals surface area contributed by atoms with Crippen LogP contribution in [0.1, 0.15) is 71.6 Å². The smallest absolute Gasteiger partial charge is 0.145 e. The van der Waals surface area contributed by atoms with Crippen molar-refractivity contribution in [2.24, 2.45) is 39.7 Å². The predicted molar refractivity (Wildman–Crippen MR) is 91.2 cm³/mol. The maximum atomic E-state index is 12.7. The van der Waals surface area contributed by atoms with Gasteiger partial charge in [0.05, 0.1) is 5.71 Å². The van der Waals surface area contributed by atoms with E-state index in [2.05, 4.69) is 19.0 Å². The van der Waals surface area contributed by atoms with E-state index in [4.69, 9.17) is 4.84 Å². The molecule has 0 aromatic heterocycles. The second kappa shape index (κ2) is 5.32. The number of Topliss-reactive ketones (excluding diaryl/α,β-unsaturated/α-hetero) is 1. The van der Waals surface area contributed by atoms with Crippen LogP contribution in [0.2, 0.25) is 0 Å². The van der Waals surface area contributed by atoms with Crippen LogP contribution in [0.25, 0.3) is 0 Å². The largest absolute Gasteiger partial charge is 0.399 e. The molecule has 0 unspecified atom stereocenters. The highest BCUT2D eigenvalue weighted by atomic mass is 16.6. The van der Waals surface area contributed by atoms with Gasteiger partial charge in [0.25, 0.3) is 0 Å². The Morgan fingerprint density at radius 1 is 1.09 bits per heavy atom. The van der Waals surface area contributed by atoms with Crippen LogP contribution in [-0.2, 0) is 9.63 Å². The summed E-state index contributed by atoms with van der Waals surface area (Å²) in [5.41, 5.74) is 1.38. The lowest BCUT2D eigenvalue weighted by atomic mass is 9.45. The number of carbonyl (C=O) groups is 1. The molecular formula is C20H31NO2. The van der Waals surface area contributed by atoms with Crippen molar-refractivity contribution in [2.45, 2.75) is 71.6 Å². The maximum Gasteiger partial charge on any atom is 0.145 e. The zero-order valence-electron chi connectivity index (χ0n) is 14.9. The standard InChI is InChI=1S/C20H31NO2/c1-19-10-5-4-6-13(19)7-8-14-15(19)9-11-20(2)17(22)12-16(18(14)20)21-23-3/h13-15,18H,4-12H2,1-3H3/t13-,14-,15+,18-,19+,20-/m1/s1. The molecule has 0 bridgehead atoms. The van der Waals surface area contributed by atoms with Gasteiger partial charge in [-0.05, 0) is 61.7 Å². The molecule has 3 heteroatoms. The average molecular weight is 317 g/mol. The number of ketones is 1. The lowest BCUT2D eigenvalue weighted by Gasteiger charge is -2.59. The number of hydrogen-bond acceptors (Lipinski definition) is 3. The zero-order valence-corrected chi connectivity index (χ0v) is 14.9. The predicted octanol–water partition coefficient (Wildman–Crippen LogP) is 4.60. The first-order chi connectivity index (χ1) is 11.0. The highest BCUT2D eigenvalue weighted by Crippen LogP contribution is 2.64. The van der Waals surface area contributed by atoms with Crippen molar-refractivity contribution in [1.29, 1.82) is 0 Å². The van der Waals surface area contributed by atoms with Crippen LogP contribution in [0.4, 0.5) is 0 Å². The maximum absolute atomic E-state index is 12.7. The Kier molecular flexibility index (Phi) is 3.62. The fraction of sp³-hybridized carbons (Fsp3) is 0.900. The summed E-state index contributed by atoms with van der Waals surface area (Å²) < 4.78 is 0. The molecule has 4 fully saturated rings. The van der Waals surface area contributed by atoms with Gasteiger partial charge in [-0.2, -0.15) is 0 Å². The second-order valence-electron chi connectivity index (χ2n) is 9.10. The lowest BCUT2D eigenvalue weighted by molar-refractivity contribution is -0.136. The molecule has 0 spiro atoms. The van der Waals surface area contributed by atoms with Crippen LogP contribution >= 0.6 is 0 Å². The third-order valence-corrected chi connectivity index (χ3v) is 8.30. The summed E-state index contributed by atoms with van der Waals surface area (Å²) in [4.78, 5) is 17.8. The molecule has 6 atom stereocenters. The van der Waals surface area contributed by atoms with Crippen LogP contribution in [0.15, 0.2) is 5.16 Å². The van der Waals surface area contributed by atoms with Gasteiger partial charge in [-0.1, -0.05) is 31.8 Å². The normalized spacial score (nSPS) is 51.1. The van der Waals surface area contributed by atoms with E-state index in [1.165, 1.54) is 44.9 Å². The molecule has 4 saturated carbocycles. The van der Waals surface area contributed by atoms with Gasteiger partial charge >= 0.3 is 0 Å². The Morgan fingerprint density at radius 2 is 1.91 bits per heavy atom. The highest BCUT2D eigenvalue weighted by molar-refractivity contribution is 6.13. The molecule has 0 aromatic carbocycles. The Balaban J connectivity index is 1.71. The number of oxime groups is 1. The molecule has 4 rings (SSSR count). The molecule has 0 amide bonds. The SMILES string of the molecule is CON=C1CC(=O)[C@@]2(C)CC[C@H]3[C@@H](CC[C@H]4CCCC[C@@]43C)[C@H]12. The molecule has 0 N–H and O–H groups in total. The quantitative estimate of drug-likeness (QED) is 0.663. The van der Waals surface area contributed by atoms with Crippen molar-refractivity contribution in [3.63, 3.8) is 0 Å². The van der Waals surface area contributed by atoms with Gasteiger partial charge in [-0.3, -0.25) is 4.79 Å². The number of carbonyl (C=O) groups excluding carboxylic acids is 1. The Bertz CT molecular complexity index is 542. The van der Waals surface area contributed by atoms with Crippen molar-refractivity contribution < 1.29 is 9.63 Å². The molecule has 0 aromatic rings. The van der Waals surface area contributed by atoms with E-state index in [0.29, 0.717) is 29.5 Å². The molecule has 128 valence electrons. The van der Waals surface area contributed by atoms with Gasteiger partial charge < -0.3 is 4.84 Å². The molecule has 0 heterocycles. The minimum Gasteiger partial charge on any atom is -0.399 e. The van der Waals surface area contributed by atoms with E-state index in [9.17, 15) is 4.79 Å². The van der Waals surface area contributed by atoms with Crippen LogP contribution in [0.3, 0.4) is 0 Å². The second-order valence-corrected chi connectivity index (χ2v) is 9.10. The summed E-state index contributed by atoms with van der Waals surface area (Å²) in [5.74, 6) is 3.10. The van der Waals surface area contributed by atoms with Crippen molar-refractivity contribution >= 4 is 11.5 Å². The van der Waals surface area contributed by atoms with Crippen molar-refractivity contribution in [3.8, 4) is 0 Å². The van der Waals surface area contributed by atoms with Crippen LogP contribution in [0, 0.1) is 34.5 Å². The van der Waals surface area contributed by atoms with Gasteiger partial charge in [0.1, 0.15) is 12.9 Å². The summed E-state index contributed by atoms with van der Waals surface area (Å²) in [6.45, 7) is 4.78. The Labute approximate surface area is 140 Å². The summed E-state index contributed by atoms with van der Waals surface area (Å²) >= 11 is 0. The van der Waals surface area contributed by atoms with Gasteiger partial charge in [-0.15, -0.1) is 0 Å². The minimum atomic E-state index is -0.170. The molecule has 0 radical (unpaired) electrons. The highest BCUT2D eigenvalue weighted by Gasteiger charge is 2.62. The first-order valence-corrected chi connectivity index (χ1v) is 9.64. The third-order valence-electron chi connectivity index (χ3n) is 8.30. The Morgan fingerprint density at radius 3 is 2.70 bits per heavy atom. The summed E-state index contributed by atoms with van der Waals surface area (Å²) in [6, 6.07) is 0. The number of rotatable bonds is 1. The van der Waals surface area contributed by atoms with Crippen LogP contribution < -0.4 is 0 Å². The fourth-order valence-corrected chi connectivity index (χ4v) is 7.11. The van der Waals surface area contributed by atoms with E-state index in [-0.39, 0.29) is 5.41 Å². The zero-order chi connectivity index (χ0) is 16.2. The summed E-state index contributed by atoms with van der Waals surface area (Å²) in [6.07, 6.45) is 11.1. The monoisotopic (exact) mass is 317 g/mol. The molecule has 3 nitrogen and oxygen atoms in total. The van der Waals surface area contributed by atoms with Crippen LogP contribution in [-0.4, -0.2) is 18.6 Å². The minimum absolute atomic E-state index is 0.170. The first kappa shape index (κ1) is 15.7. The Hall–Kier alpha value is -0.860. The molecule has 4 aliphatic carbocycles. The molecule has 4 aliphatic rings. The van der Waals surface area contributed by atoms with Crippen molar-refractivity contribution in [1.82, 2.24) is 0 Å². The van der Waals surface area contributed by atoms with E-state index >= 15 is 0 Å². The molecule has 0 aliphatic heterocycles. The van der Waals surface area contributed by atoms with E-state index in [1.54, 1.807) is 7.11 Å². The van der Waals surface area contributed by atoms with Gasteiger partial charge in [-0.25, -0.2) is 0 Å². The average Bonchev–Trinajstić information content (AvgIpc) is 2.78. The third kappa shape index (κ3) is 2.07. The van der Waals surface area contributed by atoms with Gasteiger partial charge in [0.15, 0.2) is 0 Å². The number of hydrogen-bond donors (Lipinski definition) is 0. The molecule has 23 heavy (non-hydrogen) atoms. The van der Waals surface area contributed by atoms with Crippen molar-refractivity contribution in [3.05, 3.63) is 0 Å². The molecular weight excluding hydrogens is 286 g/mol. The van der Waals surface area contributed by atoms with E-state index in [1.807, 2.05) is 0 Å².